The molecule has 1 rings (SSSR count). The van der Waals surface area contributed by atoms with Crippen LogP contribution in [-0.2, 0) is 0 Å². The van der Waals surface area contributed by atoms with Gasteiger partial charge in [0.2, 0.25) is 0 Å². The van der Waals surface area contributed by atoms with E-state index in [2.05, 4.69) is 4.99 Å². The Hall–Kier alpha value is -1.26. The molecule has 15 heavy (non-hydrogen) atoms. The molecule has 1 aromatic rings. The zero-order valence-electron chi connectivity index (χ0n) is 7.58. The van der Waals surface area contributed by atoms with Crippen molar-refractivity contribution in [2.45, 2.75) is 0 Å². The predicted molar refractivity (Wildman–Crippen MR) is 60.4 cm³/mol. The maximum Gasteiger partial charge on any atom is 0.337 e. The normalized spacial score (nSPS) is 11.5. The van der Waals surface area contributed by atoms with Crippen molar-refractivity contribution in [3.05, 3.63) is 28.8 Å². The molecule has 0 spiro atoms. The molecule has 4 nitrogen and oxygen atoms in total. The van der Waals surface area contributed by atoms with E-state index in [-0.39, 0.29) is 23.0 Å². The van der Waals surface area contributed by atoms with E-state index in [0.29, 0.717) is 5.02 Å². The Labute approximate surface area is 96.3 Å². The molecule has 0 fully saturated rings. The van der Waals surface area contributed by atoms with E-state index in [0.717, 1.165) is 0 Å². The fraction of sp³-hybridized carbons (Fsp3) is 0.111. The lowest BCUT2D eigenvalue weighted by molar-refractivity contribution is 0.0698. The van der Waals surface area contributed by atoms with Gasteiger partial charge < -0.3 is 10.8 Å². The molecule has 0 saturated carbocycles. The van der Waals surface area contributed by atoms with Crippen molar-refractivity contribution in [2.24, 2.45) is 10.7 Å². The number of hydrogen-bond acceptors (Lipinski definition) is 2. The molecule has 0 aliphatic heterocycles. The molecule has 0 unspecified atom stereocenters. The molecular weight excluding hydrogens is 239 g/mol. The first-order valence-electron chi connectivity index (χ1n) is 3.96. The first-order valence-corrected chi connectivity index (χ1v) is 4.87. The van der Waals surface area contributed by atoms with Crippen molar-refractivity contribution in [1.82, 2.24) is 0 Å². The lowest BCUT2D eigenvalue weighted by Crippen LogP contribution is -2.12. The quantitative estimate of drug-likeness (QED) is 0.488. The van der Waals surface area contributed by atoms with Crippen LogP contribution in [-0.4, -0.2) is 22.8 Å². The summed E-state index contributed by atoms with van der Waals surface area (Å²) in [7, 11) is 0. The molecule has 0 radical (unpaired) electrons. The Kier molecular flexibility index (Phi) is 3.94. The molecule has 6 heteroatoms. The van der Waals surface area contributed by atoms with Crippen molar-refractivity contribution in [2.75, 3.05) is 5.88 Å². The summed E-state index contributed by atoms with van der Waals surface area (Å²) in [6, 6.07) is 4.32. The molecule has 0 saturated heterocycles. The van der Waals surface area contributed by atoms with Crippen molar-refractivity contribution in [3.63, 3.8) is 0 Å². The summed E-state index contributed by atoms with van der Waals surface area (Å²) >= 11 is 11.1. The van der Waals surface area contributed by atoms with Gasteiger partial charge in [-0.15, -0.1) is 11.6 Å². The highest BCUT2D eigenvalue weighted by Crippen LogP contribution is 2.23. The van der Waals surface area contributed by atoms with Gasteiger partial charge in [0.1, 0.15) is 5.84 Å². The topological polar surface area (TPSA) is 75.7 Å². The first kappa shape index (κ1) is 11.8. The van der Waals surface area contributed by atoms with Crippen molar-refractivity contribution >= 4 is 40.7 Å². The van der Waals surface area contributed by atoms with Gasteiger partial charge in [-0.1, -0.05) is 11.6 Å². The second-order valence-electron chi connectivity index (χ2n) is 2.70. The van der Waals surface area contributed by atoms with Gasteiger partial charge in [0.15, 0.2) is 0 Å². The van der Waals surface area contributed by atoms with Crippen molar-refractivity contribution in [3.8, 4) is 0 Å². The SMILES string of the molecule is NC(CCl)=Nc1ccc(Cl)cc1C(=O)O. The van der Waals surface area contributed by atoms with E-state index >= 15 is 0 Å². The van der Waals surface area contributed by atoms with Gasteiger partial charge in [-0.05, 0) is 18.2 Å². The number of rotatable bonds is 3. The smallest absolute Gasteiger partial charge is 0.337 e. The number of hydrogen-bond donors (Lipinski definition) is 2. The zero-order chi connectivity index (χ0) is 11.4. The third-order valence-corrected chi connectivity index (χ3v) is 2.10. The molecule has 3 N–H and O–H groups in total. The molecule has 0 atom stereocenters. The van der Waals surface area contributed by atoms with Crippen LogP contribution in [0.25, 0.3) is 0 Å². The van der Waals surface area contributed by atoms with Gasteiger partial charge in [-0.2, -0.15) is 0 Å². The molecule has 80 valence electrons. The lowest BCUT2D eigenvalue weighted by Gasteiger charge is -2.02. The Bertz CT molecular complexity index is 419. The summed E-state index contributed by atoms with van der Waals surface area (Å²) in [5, 5.41) is 9.20. The Morgan fingerprint density at radius 1 is 1.53 bits per heavy atom. The monoisotopic (exact) mass is 246 g/mol. The Morgan fingerprint density at radius 2 is 2.20 bits per heavy atom. The number of carboxylic acids is 1. The highest BCUT2D eigenvalue weighted by molar-refractivity contribution is 6.31. The van der Waals surface area contributed by atoms with Crippen LogP contribution in [0.2, 0.25) is 5.02 Å². The minimum Gasteiger partial charge on any atom is -0.478 e. The summed E-state index contributed by atoms with van der Waals surface area (Å²) in [5.74, 6) is -0.915. The standard InChI is InChI=1S/C9H8Cl2N2O2/c10-4-8(12)13-7-2-1-5(11)3-6(7)9(14)15/h1-3H,4H2,(H2,12,13)(H,14,15). The second-order valence-corrected chi connectivity index (χ2v) is 3.41. The van der Waals surface area contributed by atoms with Crippen LogP contribution < -0.4 is 5.73 Å². The third kappa shape index (κ3) is 3.11. The first-order chi connectivity index (χ1) is 7.04. The van der Waals surface area contributed by atoms with Crippen LogP contribution in [0.1, 0.15) is 10.4 Å². The largest absolute Gasteiger partial charge is 0.478 e. The number of amidine groups is 1. The number of nitrogens with two attached hydrogens (primary N) is 1. The van der Waals surface area contributed by atoms with E-state index in [1.807, 2.05) is 0 Å². The van der Waals surface area contributed by atoms with Gasteiger partial charge >= 0.3 is 5.97 Å². The van der Waals surface area contributed by atoms with Crippen LogP contribution >= 0.6 is 23.2 Å². The van der Waals surface area contributed by atoms with E-state index in [1.54, 1.807) is 0 Å². The number of carbonyl (C=O) groups is 1. The number of carboxylic acid groups (broad SMARTS) is 1. The highest BCUT2D eigenvalue weighted by atomic mass is 35.5. The number of benzene rings is 1. The van der Waals surface area contributed by atoms with Crippen LogP contribution in [0.3, 0.4) is 0 Å². The highest BCUT2D eigenvalue weighted by Gasteiger charge is 2.10. The Morgan fingerprint density at radius 3 is 2.73 bits per heavy atom. The number of aliphatic imine (C=N–C) groups is 1. The van der Waals surface area contributed by atoms with E-state index in [9.17, 15) is 4.79 Å². The van der Waals surface area contributed by atoms with Crippen LogP contribution in [0.15, 0.2) is 23.2 Å². The fourth-order valence-corrected chi connectivity index (χ4v) is 1.19. The van der Waals surface area contributed by atoms with Crippen molar-refractivity contribution < 1.29 is 9.90 Å². The van der Waals surface area contributed by atoms with Gasteiger partial charge in [-0.3, -0.25) is 0 Å². The molecule has 0 aromatic heterocycles. The average molecular weight is 247 g/mol. The van der Waals surface area contributed by atoms with Crippen LogP contribution in [0.4, 0.5) is 5.69 Å². The molecule has 1 aromatic carbocycles. The van der Waals surface area contributed by atoms with Crippen molar-refractivity contribution in [1.29, 1.82) is 0 Å². The molecule has 0 aliphatic carbocycles. The summed E-state index contributed by atoms with van der Waals surface area (Å²) in [4.78, 5) is 14.7. The molecule has 0 heterocycles. The molecule has 0 amide bonds. The predicted octanol–water partition coefficient (Wildman–Crippen LogP) is 2.27. The molecule has 0 aliphatic rings. The number of nitrogens with zero attached hydrogens (tertiary/aromatic N) is 1. The van der Waals surface area contributed by atoms with E-state index in [1.165, 1.54) is 18.2 Å². The second kappa shape index (κ2) is 5.00. The Balaban J connectivity index is 3.23. The molecule has 0 bridgehead atoms. The number of halogens is 2. The lowest BCUT2D eigenvalue weighted by atomic mass is 10.2. The maximum absolute atomic E-state index is 10.8. The molecular formula is C9H8Cl2N2O2. The van der Waals surface area contributed by atoms with Gasteiger partial charge in [0.25, 0.3) is 0 Å². The van der Waals surface area contributed by atoms with E-state index in [4.69, 9.17) is 34.0 Å². The summed E-state index contributed by atoms with van der Waals surface area (Å²) < 4.78 is 0. The van der Waals surface area contributed by atoms with Gasteiger partial charge in [0, 0.05) is 5.02 Å². The summed E-state index contributed by atoms with van der Waals surface area (Å²) in [6.45, 7) is 0. The van der Waals surface area contributed by atoms with Crippen LogP contribution in [0.5, 0.6) is 0 Å². The van der Waals surface area contributed by atoms with E-state index < -0.39 is 5.97 Å². The fourth-order valence-electron chi connectivity index (χ4n) is 0.962. The maximum atomic E-state index is 10.8. The number of alkyl halides is 1. The van der Waals surface area contributed by atoms with Gasteiger partial charge in [-0.25, -0.2) is 9.79 Å². The zero-order valence-corrected chi connectivity index (χ0v) is 9.09. The minimum atomic E-state index is -1.11. The van der Waals surface area contributed by atoms with Gasteiger partial charge in [0.05, 0.1) is 17.1 Å². The average Bonchev–Trinajstić information content (AvgIpc) is 2.20. The summed E-state index contributed by atoms with van der Waals surface area (Å²) in [6.07, 6.45) is 0. The minimum absolute atomic E-state index is 0.00410. The summed E-state index contributed by atoms with van der Waals surface area (Å²) in [5.41, 5.74) is 5.64. The third-order valence-electron chi connectivity index (χ3n) is 1.59. The number of aromatic carboxylic acids is 1. The van der Waals surface area contributed by atoms with Crippen LogP contribution in [0, 0.1) is 0 Å².